The number of urea groups is 1. The molecule has 1 aromatic carbocycles. The van der Waals surface area contributed by atoms with E-state index in [1.165, 1.54) is 0 Å². The van der Waals surface area contributed by atoms with Crippen LogP contribution in [0.25, 0.3) is 0 Å². The van der Waals surface area contributed by atoms with Crippen molar-refractivity contribution in [3.8, 4) is 0 Å². The predicted molar refractivity (Wildman–Crippen MR) is 112 cm³/mol. The molecule has 154 valence electrons. The number of amides is 3. The van der Waals surface area contributed by atoms with Crippen LogP contribution < -0.4 is 16.0 Å². The van der Waals surface area contributed by atoms with E-state index in [9.17, 15) is 9.59 Å². The Morgan fingerprint density at radius 2 is 1.86 bits per heavy atom. The van der Waals surface area contributed by atoms with Gasteiger partial charge in [-0.2, -0.15) is 0 Å². The van der Waals surface area contributed by atoms with Crippen molar-refractivity contribution >= 4 is 17.6 Å². The van der Waals surface area contributed by atoms with Gasteiger partial charge in [0, 0.05) is 62.1 Å². The molecule has 3 rings (SSSR count). The molecule has 1 atom stereocenters. The molecule has 0 saturated carbocycles. The topological polar surface area (TPSA) is 76.7 Å². The predicted octanol–water partition coefficient (Wildman–Crippen LogP) is 2.03. The highest BCUT2D eigenvalue weighted by atomic mass is 16.2. The number of rotatable bonds is 3. The fraction of sp³-hybridized carbons (Fsp3) is 0.619. The summed E-state index contributed by atoms with van der Waals surface area (Å²) in [5.74, 6) is 0.0388. The van der Waals surface area contributed by atoms with Crippen molar-refractivity contribution in [2.45, 2.75) is 45.7 Å². The van der Waals surface area contributed by atoms with Crippen molar-refractivity contribution in [1.82, 2.24) is 20.4 Å². The standard InChI is InChI=1S/C21H33N5O2/c1-15-5-6-16(13-18(15)23-20(28)24-21(2,3)4)19(27)26-10-7-17(14-26)25-11-8-22-9-12-25/h5-6,13,17,22H,7-12,14H2,1-4H3,(H2,23,24,28). The maximum atomic E-state index is 13.0. The van der Waals surface area contributed by atoms with Gasteiger partial charge in [0.25, 0.3) is 5.91 Å². The van der Waals surface area contributed by atoms with Gasteiger partial charge in [0.1, 0.15) is 0 Å². The van der Waals surface area contributed by atoms with E-state index in [1.807, 2.05) is 44.7 Å². The summed E-state index contributed by atoms with van der Waals surface area (Å²) in [6.45, 7) is 13.4. The molecule has 0 bridgehead atoms. The van der Waals surface area contributed by atoms with E-state index >= 15 is 0 Å². The number of carbonyl (C=O) groups excluding carboxylic acids is 2. The lowest BCUT2D eigenvalue weighted by atomic mass is 10.1. The summed E-state index contributed by atoms with van der Waals surface area (Å²) in [4.78, 5) is 29.7. The maximum Gasteiger partial charge on any atom is 0.319 e. The van der Waals surface area contributed by atoms with Gasteiger partial charge in [0.15, 0.2) is 0 Å². The van der Waals surface area contributed by atoms with Crippen LogP contribution in [0.2, 0.25) is 0 Å². The van der Waals surface area contributed by atoms with Crippen LogP contribution in [0.15, 0.2) is 18.2 Å². The first kappa shape index (κ1) is 20.6. The summed E-state index contributed by atoms with van der Waals surface area (Å²) < 4.78 is 0. The first-order valence-corrected chi connectivity index (χ1v) is 10.2. The second-order valence-corrected chi connectivity index (χ2v) is 8.84. The van der Waals surface area contributed by atoms with Crippen molar-refractivity contribution in [1.29, 1.82) is 0 Å². The van der Waals surface area contributed by atoms with Crippen LogP contribution in [0.5, 0.6) is 0 Å². The molecular formula is C21H33N5O2. The summed E-state index contributed by atoms with van der Waals surface area (Å²) in [6.07, 6.45) is 1.02. The van der Waals surface area contributed by atoms with Crippen molar-refractivity contribution in [2.24, 2.45) is 0 Å². The quantitative estimate of drug-likeness (QED) is 0.742. The highest BCUT2D eigenvalue weighted by Gasteiger charge is 2.31. The Hall–Kier alpha value is -2.12. The first-order chi connectivity index (χ1) is 13.2. The Bertz CT molecular complexity index is 722. The van der Waals surface area contributed by atoms with E-state index in [1.54, 1.807) is 6.07 Å². The highest BCUT2D eigenvalue weighted by Crippen LogP contribution is 2.22. The molecule has 7 heteroatoms. The number of hydrogen-bond acceptors (Lipinski definition) is 4. The van der Waals surface area contributed by atoms with Crippen molar-refractivity contribution in [3.05, 3.63) is 29.3 Å². The number of carbonyl (C=O) groups is 2. The number of hydrogen-bond donors (Lipinski definition) is 3. The first-order valence-electron chi connectivity index (χ1n) is 10.2. The molecule has 7 nitrogen and oxygen atoms in total. The zero-order valence-electron chi connectivity index (χ0n) is 17.5. The van der Waals surface area contributed by atoms with Gasteiger partial charge in [-0.05, 0) is 51.8 Å². The second-order valence-electron chi connectivity index (χ2n) is 8.84. The smallest absolute Gasteiger partial charge is 0.319 e. The van der Waals surface area contributed by atoms with Crippen LogP contribution in [-0.4, -0.2) is 72.6 Å². The average molecular weight is 388 g/mol. The van der Waals surface area contributed by atoms with Gasteiger partial charge in [-0.3, -0.25) is 9.69 Å². The number of nitrogens with one attached hydrogen (secondary N) is 3. The fourth-order valence-electron chi connectivity index (χ4n) is 3.84. The molecular weight excluding hydrogens is 354 g/mol. The lowest BCUT2D eigenvalue weighted by molar-refractivity contribution is 0.0773. The lowest BCUT2D eigenvalue weighted by Crippen LogP contribution is -2.49. The fourth-order valence-corrected chi connectivity index (χ4v) is 3.84. The average Bonchev–Trinajstić information content (AvgIpc) is 3.12. The molecule has 1 aromatic rings. The SMILES string of the molecule is Cc1ccc(C(=O)N2CCC(N3CCNCC3)C2)cc1NC(=O)NC(C)(C)C. The maximum absolute atomic E-state index is 13.0. The van der Waals surface area contributed by atoms with E-state index in [0.717, 1.165) is 51.3 Å². The van der Waals surface area contributed by atoms with Gasteiger partial charge in [0.2, 0.25) is 0 Å². The molecule has 2 saturated heterocycles. The summed E-state index contributed by atoms with van der Waals surface area (Å²) in [5.41, 5.74) is 1.91. The minimum Gasteiger partial charge on any atom is -0.337 e. The third kappa shape index (κ3) is 5.23. The monoisotopic (exact) mass is 387 g/mol. The Labute approximate surface area is 167 Å². The Morgan fingerprint density at radius 1 is 1.14 bits per heavy atom. The number of anilines is 1. The molecule has 3 amide bonds. The highest BCUT2D eigenvalue weighted by molar-refractivity contribution is 5.97. The summed E-state index contributed by atoms with van der Waals surface area (Å²) in [7, 11) is 0. The molecule has 1 unspecified atom stereocenters. The number of likely N-dealkylation sites (tertiary alicyclic amines) is 1. The number of nitrogens with zero attached hydrogens (tertiary/aromatic N) is 2. The number of aryl methyl sites for hydroxylation is 1. The van der Waals surface area contributed by atoms with Gasteiger partial charge >= 0.3 is 6.03 Å². The van der Waals surface area contributed by atoms with Crippen LogP contribution in [0, 0.1) is 6.92 Å². The Morgan fingerprint density at radius 3 is 2.54 bits per heavy atom. The van der Waals surface area contributed by atoms with Crippen LogP contribution in [0.4, 0.5) is 10.5 Å². The van der Waals surface area contributed by atoms with E-state index in [2.05, 4.69) is 20.9 Å². The molecule has 0 radical (unpaired) electrons. The van der Waals surface area contributed by atoms with E-state index in [4.69, 9.17) is 0 Å². The zero-order chi connectivity index (χ0) is 20.3. The van der Waals surface area contributed by atoms with Crippen molar-refractivity contribution < 1.29 is 9.59 Å². The normalized spacial score (nSPS) is 20.9. The van der Waals surface area contributed by atoms with Gasteiger partial charge in [0.05, 0.1) is 0 Å². The number of piperazine rings is 1. The van der Waals surface area contributed by atoms with Gasteiger partial charge in [-0.25, -0.2) is 4.79 Å². The third-order valence-electron chi connectivity index (χ3n) is 5.34. The molecule has 2 aliphatic rings. The molecule has 0 spiro atoms. The van der Waals surface area contributed by atoms with Gasteiger partial charge < -0.3 is 20.9 Å². The summed E-state index contributed by atoms with van der Waals surface area (Å²) >= 11 is 0. The molecule has 2 heterocycles. The molecule has 2 aliphatic heterocycles. The molecule has 28 heavy (non-hydrogen) atoms. The Kier molecular flexibility index (Phi) is 6.25. The summed E-state index contributed by atoms with van der Waals surface area (Å²) in [5, 5.41) is 9.14. The molecule has 2 fully saturated rings. The van der Waals surface area contributed by atoms with Crippen LogP contribution in [-0.2, 0) is 0 Å². The van der Waals surface area contributed by atoms with Gasteiger partial charge in [-0.1, -0.05) is 6.07 Å². The van der Waals surface area contributed by atoms with Crippen molar-refractivity contribution in [2.75, 3.05) is 44.6 Å². The van der Waals surface area contributed by atoms with Crippen LogP contribution >= 0.6 is 0 Å². The van der Waals surface area contributed by atoms with Crippen LogP contribution in [0.3, 0.4) is 0 Å². The van der Waals surface area contributed by atoms with E-state index in [-0.39, 0.29) is 17.5 Å². The van der Waals surface area contributed by atoms with Crippen molar-refractivity contribution in [3.63, 3.8) is 0 Å². The molecule has 0 aliphatic carbocycles. The van der Waals surface area contributed by atoms with E-state index in [0.29, 0.717) is 17.3 Å². The van der Waals surface area contributed by atoms with Crippen LogP contribution in [0.1, 0.15) is 43.1 Å². The second kappa shape index (κ2) is 8.49. The van der Waals surface area contributed by atoms with E-state index < -0.39 is 0 Å². The van der Waals surface area contributed by atoms with Gasteiger partial charge in [-0.15, -0.1) is 0 Å². The largest absolute Gasteiger partial charge is 0.337 e. The zero-order valence-corrected chi connectivity index (χ0v) is 17.5. The Balaban J connectivity index is 1.65. The minimum atomic E-state index is -0.319. The minimum absolute atomic E-state index is 0.0388. The lowest BCUT2D eigenvalue weighted by Gasteiger charge is -2.32. The molecule has 3 N–H and O–H groups in total. The summed E-state index contributed by atoms with van der Waals surface area (Å²) in [6, 6.07) is 5.72. The third-order valence-corrected chi connectivity index (χ3v) is 5.34. The number of benzene rings is 1. The molecule has 0 aromatic heterocycles.